The minimum Gasteiger partial charge on any atom is -0.490 e. The standard InChI is InChI=1S/C21H27ClN2O5S/c1-5-28-19-10-8-16(11-20(19)29-6-2)13-23-21(25)14-24(30(4,26)27)17-9-7-15(3)18(22)12-17/h7-12H,5-6,13-14H2,1-4H3,(H,23,25). The summed E-state index contributed by atoms with van der Waals surface area (Å²) in [4.78, 5) is 12.5. The van der Waals surface area contributed by atoms with Crippen molar-refractivity contribution in [3.63, 3.8) is 0 Å². The number of benzene rings is 2. The highest BCUT2D eigenvalue weighted by molar-refractivity contribution is 7.92. The van der Waals surface area contributed by atoms with Crippen LogP contribution in [0.25, 0.3) is 0 Å². The Morgan fingerprint density at radius 2 is 1.73 bits per heavy atom. The average molecular weight is 455 g/mol. The first-order valence-electron chi connectivity index (χ1n) is 9.54. The van der Waals surface area contributed by atoms with E-state index in [9.17, 15) is 13.2 Å². The summed E-state index contributed by atoms with van der Waals surface area (Å²) >= 11 is 6.12. The molecule has 0 fully saturated rings. The fourth-order valence-corrected chi connectivity index (χ4v) is 3.75. The van der Waals surface area contributed by atoms with Crippen LogP contribution in [0.4, 0.5) is 5.69 Å². The molecule has 9 heteroatoms. The molecule has 0 aromatic heterocycles. The van der Waals surface area contributed by atoms with Crippen LogP contribution >= 0.6 is 11.6 Å². The highest BCUT2D eigenvalue weighted by atomic mass is 35.5. The second-order valence-electron chi connectivity index (χ2n) is 6.63. The van der Waals surface area contributed by atoms with Gasteiger partial charge in [0.1, 0.15) is 6.54 Å². The summed E-state index contributed by atoms with van der Waals surface area (Å²) in [5, 5.41) is 3.17. The minimum absolute atomic E-state index is 0.220. The molecular formula is C21H27ClN2O5S. The van der Waals surface area contributed by atoms with Gasteiger partial charge in [-0.25, -0.2) is 8.42 Å². The summed E-state index contributed by atoms with van der Waals surface area (Å²) in [5.41, 5.74) is 1.96. The highest BCUT2D eigenvalue weighted by Crippen LogP contribution is 2.28. The average Bonchev–Trinajstić information content (AvgIpc) is 2.68. The lowest BCUT2D eigenvalue weighted by molar-refractivity contribution is -0.119. The Morgan fingerprint density at radius 3 is 2.33 bits per heavy atom. The van der Waals surface area contributed by atoms with E-state index >= 15 is 0 Å². The molecule has 2 aromatic carbocycles. The van der Waals surface area contributed by atoms with E-state index in [1.807, 2.05) is 26.8 Å². The number of rotatable bonds is 10. The number of nitrogens with one attached hydrogen (secondary N) is 1. The van der Waals surface area contributed by atoms with Crippen molar-refractivity contribution in [2.45, 2.75) is 27.3 Å². The summed E-state index contributed by atoms with van der Waals surface area (Å²) in [6.45, 7) is 6.45. The number of ether oxygens (including phenoxy) is 2. The van der Waals surface area contributed by atoms with Crippen LogP contribution in [0.2, 0.25) is 5.02 Å². The van der Waals surface area contributed by atoms with Gasteiger partial charge in [0, 0.05) is 11.6 Å². The molecule has 0 saturated carbocycles. The zero-order valence-electron chi connectivity index (χ0n) is 17.6. The van der Waals surface area contributed by atoms with Gasteiger partial charge >= 0.3 is 0 Å². The lowest BCUT2D eigenvalue weighted by Gasteiger charge is -2.22. The predicted molar refractivity (Wildman–Crippen MR) is 119 cm³/mol. The maximum Gasteiger partial charge on any atom is 0.241 e. The van der Waals surface area contributed by atoms with E-state index in [1.54, 1.807) is 24.3 Å². The van der Waals surface area contributed by atoms with Gasteiger partial charge in [-0.2, -0.15) is 0 Å². The highest BCUT2D eigenvalue weighted by Gasteiger charge is 2.21. The quantitative estimate of drug-likeness (QED) is 0.593. The Hall–Kier alpha value is -2.45. The lowest BCUT2D eigenvalue weighted by atomic mass is 10.2. The second kappa shape index (κ2) is 10.5. The van der Waals surface area contributed by atoms with Gasteiger partial charge < -0.3 is 14.8 Å². The molecule has 0 aliphatic carbocycles. The molecule has 0 heterocycles. The smallest absolute Gasteiger partial charge is 0.241 e. The first-order valence-corrected chi connectivity index (χ1v) is 11.8. The number of amides is 1. The van der Waals surface area contributed by atoms with E-state index in [2.05, 4.69) is 5.32 Å². The summed E-state index contributed by atoms with van der Waals surface area (Å²) in [6.07, 6.45) is 1.05. The molecule has 1 N–H and O–H groups in total. The van der Waals surface area contributed by atoms with E-state index in [0.717, 1.165) is 21.7 Å². The molecule has 0 spiro atoms. The van der Waals surface area contributed by atoms with E-state index in [0.29, 0.717) is 35.4 Å². The third kappa shape index (κ3) is 6.53. The van der Waals surface area contributed by atoms with Crippen molar-refractivity contribution in [1.82, 2.24) is 5.32 Å². The molecule has 0 bridgehead atoms. The third-order valence-electron chi connectivity index (χ3n) is 4.23. The van der Waals surface area contributed by atoms with Gasteiger partial charge in [-0.3, -0.25) is 9.10 Å². The molecule has 0 aliphatic heterocycles. The summed E-state index contributed by atoms with van der Waals surface area (Å²) in [7, 11) is -3.67. The number of halogens is 1. The van der Waals surface area contributed by atoms with Crippen molar-refractivity contribution in [2.24, 2.45) is 0 Å². The Bertz CT molecular complexity index is 995. The van der Waals surface area contributed by atoms with Crippen LogP contribution in [0, 0.1) is 6.92 Å². The van der Waals surface area contributed by atoms with Crippen LogP contribution in [0.5, 0.6) is 11.5 Å². The number of carbonyl (C=O) groups excluding carboxylic acids is 1. The SMILES string of the molecule is CCOc1ccc(CNC(=O)CN(c2ccc(C)c(Cl)c2)S(C)(=O)=O)cc1OCC. The summed E-state index contributed by atoms with van der Waals surface area (Å²) in [6, 6.07) is 10.3. The topological polar surface area (TPSA) is 84.9 Å². The molecule has 30 heavy (non-hydrogen) atoms. The fourth-order valence-electron chi connectivity index (χ4n) is 2.73. The maximum atomic E-state index is 12.5. The minimum atomic E-state index is -3.67. The van der Waals surface area contributed by atoms with Gasteiger partial charge in [0.15, 0.2) is 11.5 Å². The number of nitrogens with zero attached hydrogens (tertiary/aromatic N) is 1. The normalized spacial score (nSPS) is 11.1. The zero-order valence-corrected chi connectivity index (χ0v) is 19.1. The van der Waals surface area contributed by atoms with Crippen LogP contribution in [0.3, 0.4) is 0 Å². The molecule has 164 valence electrons. The number of anilines is 1. The van der Waals surface area contributed by atoms with E-state index in [-0.39, 0.29) is 13.1 Å². The van der Waals surface area contributed by atoms with E-state index in [4.69, 9.17) is 21.1 Å². The van der Waals surface area contributed by atoms with Gasteiger partial charge in [0.2, 0.25) is 15.9 Å². The molecule has 2 aromatic rings. The molecule has 0 saturated heterocycles. The van der Waals surface area contributed by atoms with E-state index in [1.165, 1.54) is 6.07 Å². The first kappa shape index (κ1) is 23.8. The number of sulfonamides is 1. The van der Waals surface area contributed by atoms with Crippen molar-refractivity contribution in [1.29, 1.82) is 0 Å². The van der Waals surface area contributed by atoms with Crippen molar-refractivity contribution in [3.8, 4) is 11.5 Å². The molecule has 2 rings (SSSR count). The zero-order chi connectivity index (χ0) is 22.3. The van der Waals surface area contributed by atoms with Crippen molar-refractivity contribution >= 4 is 33.2 Å². The van der Waals surface area contributed by atoms with Crippen molar-refractivity contribution < 1.29 is 22.7 Å². The second-order valence-corrected chi connectivity index (χ2v) is 8.94. The summed E-state index contributed by atoms with van der Waals surface area (Å²) < 4.78 is 36.6. The van der Waals surface area contributed by atoms with Crippen molar-refractivity contribution in [2.75, 3.05) is 30.3 Å². The molecule has 7 nitrogen and oxygen atoms in total. The Labute approximate surface area is 183 Å². The largest absolute Gasteiger partial charge is 0.490 e. The molecule has 0 unspecified atom stereocenters. The van der Waals surface area contributed by atoms with Gasteiger partial charge in [-0.1, -0.05) is 23.7 Å². The number of aryl methyl sites for hydroxylation is 1. The van der Waals surface area contributed by atoms with Gasteiger partial charge in [0.05, 0.1) is 25.2 Å². The lowest BCUT2D eigenvalue weighted by Crippen LogP contribution is -2.40. The fraction of sp³-hybridized carbons (Fsp3) is 0.381. The molecule has 1 amide bonds. The Kier molecular flexibility index (Phi) is 8.37. The Balaban J connectivity index is 2.11. The first-order chi connectivity index (χ1) is 14.2. The molecule has 0 aliphatic rings. The Morgan fingerprint density at radius 1 is 1.07 bits per heavy atom. The molecule has 0 atom stereocenters. The van der Waals surface area contributed by atoms with Crippen LogP contribution in [-0.4, -0.2) is 40.3 Å². The monoisotopic (exact) mass is 454 g/mol. The van der Waals surface area contributed by atoms with Crippen LogP contribution < -0.4 is 19.1 Å². The van der Waals surface area contributed by atoms with Crippen molar-refractivity contribution in [3.05, 3.63) is 52.5 Å². The molecule has 0 radical (unpaired) electrons. The maximum absolute atomic E-state index is 12.5. The van der Waals surface area contributed by atoms with Crippen LogP contribution in [0.15, 0.2) is 36.4 Å². The third-order valence-corrected chi connectivity index (χ3v) is 5.78. The van der Waals surface area contributed by atoms with Crippen LogP contribution in [-0.2, 0) is 21.4 Å². The summed E-state index contributed by atoms with van der Waals surface area (Å²) in [5.74, 6) is 0.788. The van der Waals surface area contributed by atoms with Crippen LogP contribution in [0.1, 0.15) is 25.0 Å². The van der Waals surface area contributed by atoms with Gasteiger partial charge in [0.25, 0.3) is 0 Å². The molecular weight excluding hydrogens is 428 g/mol. The van der Waals surface area contributed by atoms with Gasteiger partial charge in [-0.05, 0) is 56.2 Å². The number of carbonyl (C=O) groups is 1. The number of hydrogen-bond acceptors (Lipinski definition) is 5. The van der Waals surface area contributed by atoms with Gasteiger partial charge in [-0.15, -0.1) is 0 Å². The number of hydrogen-bond donors (Lipinski definition) is 1. The van der Waals surface area contributed by atoms with E-state index < -0.39 is 15.9 Å². The predicted octanol–water partition coefficient (Wildman–Crippen LogP) is 3.53.